The number of carbonyl (C=O) groups excluding carboxylic acids is 1. The molecule has 0 saturated heterocycles. The molecule has 0 heterocycles. The fraction of sp³-hybridized carbons (Fsp3) is 0.970. The highest BCUT2D eigenvalue weighted by molar-refractivity contribution is 6.67. The molecule has 0 atom stereocenters. The van der Waals surface area contributed by atoms with Crippen LogP contribution in [0.15, 0.2) is 0 Å². The smallest absolute Gasteiger partial charge is 0.334 e. The minimum atomic E-state index is -2.31. The lowest BCUT2D eigenvalue weighted by atomic mass is 10.3. The molecule has 0 bridgehead atoms. The Balaban J connectivity index is 6.13. The molecule has 0 aromatic rings. The second-order valence-electron chi connectivity index (χ2n) is 12.7. The maximum Gasteiger partial charge on any atom is 0.334 e. The Morgan fingerprint density at radius 1 is 0.375 bits per heavy atom. The van der Waals surface area contributed by atoms with E-state index >= 15 is 0 Å². The van der Waals surface area contributed by atoms with Gasteiger partial charge in [0.15, 0.2) is 0 Å². The number of rotatable bonds is 32. The normalized spacial score (nSPS) is 12.9. The van der Waals surface area contributed by atoms with Crippen molar-refractivity contribution in [2.45, 2.75) is 131 Å². The van der Waals surface area contributed by atoms with Crippen LogP contribution >= 0.6 is 0 Å². The predicted molar refractivity (Wildman–Crippen MR) is 206 cm³/mol. The van der Waals surface area contributed by atoms with Crippen molar-refractivity contribution < 1.29 is 40.2 Å². The lowest BCUT2D eigenvalue weighted by Crippen LogP contribution is -2.47. The molecule has 0 aliphatic heterocycles. The van der Waals surface area contributed by atoms with Crippen LogP contribution < -0.4 is 0 Å². The van der Waals surface area contributed by atoms with Crippen LogP contribution in [0.3, 0.4) is 0 Å². The van der Waals surface area contributed by atoms with Crippen LogP contribution in [-0.2, 0) is 35.4 Å². The minimum Gasteiger partial charge on any atom is -0.395 e. The van der Waals surface area contributed by atoms with Gasteiger partial charge in [-0.05, 0) is 131 Å². The van der Waals surface area contributed by atoms with Gasteiger partial charge in [0.1, 0.15) is 0 Å². The van der Waals surface area contributed by atoms with E-state index in [1.807, 2.05) is 65.2 Å². The zero-order valence-electron chi connectivity index (χ0n) is 33.2. The van der Waals surface area contributed by atoms with Crippen molar-refractivity contribution in [1.82, 2.24) is 9.80 Å². The summed E-state index contributed by atoms with van der Waals surface area (Å²) in [5.74, 6) is 0. The third kappa shape index (κ3) is 20.0. The molecular formula is C33H76N2O9Si4. The fourth-order valence-corrected chi connectivity index (χ4v) is 15.9. The van der Waals surface area contributed by atoms with Gasteiger partial charge in [0, 0.05) is 79.0 Å². The monoisotopic (exact) mass is 756 g/mol. The van der Waals surface area contributed by atoms with Crippen molar-refractivity contribution >= 4 is 40.3 Å². The van der Waals surface area contributed by atoms with Crippen LogP contribution in [0.2, 0.25) is 50.4 Å². The molecule has 11 nitrogen and oxygen atoms in total. The largest absolute Gasteiger partial charge is 0.395 e. The van der Waals surface area contributed by atoms with E-state index in [9.17, 15) is 4.79 Å². The Hall–Kier alpha value is -0.182. The summed E-state index contributed by atoms with van der Waals surface area (Å²) in [5.41, 5.74) is 0. The molecule has 0 aromatic carbocycles. The quantitative estimate of drug-likeness (QED) is 0.0636. The van der Waals surface area contributed by atoms with E-state index in [1.165, 1.54) is 0 Å². The first-order valence-corrected chi connectivity index (χ1v) is 29.0. The van der Waals surface area contributed by atoms with Gasteiger partial charge < -0.3 is 45.2 Å². The summed E-state index contributed by atoms with van der Waals surface area (Å²) >= 11 is 0. The Morgan fingerprint density at radius 3 is 0.688 bits per heavy atom. The second-order valence-corrected chi connectivity index (χ2v) is 26.1. The van der Waals surface area contributed by atoms with Gasteiger partial charge in [-0.25, -0.2) is 4.79 Å². The van der Waals surface area contributed by atoms with Gasteiger partial charge in [-0.3, -0.25) is 0 Å². The summed E-state index contributed by atoms with van der Waals surface area (Å²) in [5, 5.41) is 0. The topological polar surface area (TPSA) is 97.4 Å². The molecule has 0 aromatic heterocycles. The van der Waals surface area contributed by atoms with Crippen molar-refractivity contribution in [3.05, 3.63) is 0 Å². The van der Waals surface area contributed by atoms with Gasteiger partial charge in [0.2, 0.25) is 0 Å². The number of carbonyl (C=O) groups is 1. The van der Waals surface area contributed by atoms with Crippen molar-refractivity contribution in [3.8, 4) is 0 Å². The van der Waals surface area contributed by atoms with Crippen molar-refractivity contribution in [2.24, 2.45) is 0 Å². The number of hydrogen-bond acceptors (Lipinski definition) is 9. The summed E-state index contributed by atoms with van der Waals surface area (Å²) in [6, 6.07) is 3.42. The summed E-state index contributed by atoms with van der Waals surface area (Å²) in [6.45, 7) is 32.3. The van der Waals surface area contributed by atoms with E-state index in [0.717, 1.165) is 49.9 Å². The van der Waals surface area contributed by atoms with E-state index in [0.29, 0.717) is 79.0 Å². The molecule has 0 unspecified atom stereocenters. The summed E-state index contributed by atoms with van der Waals surface area (Å²) in [4.78, 5) is 18.6. The number of nitrogens with zero attached hydrogens (tertiary/aromatic N) is 2. The van der Waals surface area contributed by atoms with Crippen LogP contribution in [0.4, 0.5) is 4.79 Å². The SMILES string of the molecule is CCO[Si](C)(CCCN(CCC[Si](C)(OCC)OCC)C(=O)N(CCC[Si](C)(OCC)OCC)CCC[Si](C)(OCC)OCC)OCC. The Kier molecular flexibility index (Phi) is 26.5. The molecule has 0 aliphatic rings. The average molecular weight is 757 g/mol. The van der Waals surface area contributed by atoms with Crippen LogP contribution in [0.1, 0.15) is 81.1 Å². The number of amides is 2. The van der Waals surface area contributed by atoms with Crippen LogP contribution in [-0.4, -0.2) is 129 Å². The van der Waals surface area contributed by atoms with Gasteiger partial charge in [-0.1, -0.05) is 0 Å². The Morgan fingerprint density at radius 2 is 0.542 bits per heavy atom. The summed E-state index contributed by atoms with van der Waals surface area (Å²) in [6.07, 6.45) is 3.31. The van der Waals surface area contributed by atoms with E-state index in [-0.39, 0.29) is 6.03 Å². The first-order chi connectivity index (χ1) is 22.8. The molecule has 0 fully saturated rings. The van der Waals surface area contributed by atoms with Gasteiger partial charge >= 0.3 is 40.3 Å². The van der Waals surface area contributed by atoms with Gasteiger partial charge in [-0.15, -0.1) is 0 Å². The zero-order chi connectivity index (χ0) is 36.5. The van der Waals surface area contributed by atoms with Crippen molar-refractivity contribution in [2.75, 3.05) is 79.0 Å². The first kappa shape index (κ1) is 47.8. The molecule has 2 amide bonds. The minimum absolute atomic E-state index is 0.0785. The highest BCUT2D eigenvalue weighted by atomic mass is 28.4. The Labute approximate surface area is 300 Å². The van der Waals surface area contributed by atoms with E-state index in [2.05, 4.69) is 26.2 Å². The standard InChI is InChI=1S/C33H76N2O9Si4/c1-13-37-45(9,38-14-2)29-21-25-34(26-22-30-46(10,39-15-3)40-16-4)33(36)35(27-23-31-47(11,41-17-5)42-18-6)28-24-32-48(12,43-19-7)44-20-8/h13-32H2,1-12H3. The predicted octanol–water partition coefficient (Wildman–Crippen LogP) is 7.85. The van der Waals surface area contributed by atoms with Gasteiger partial charge in [0.25, 0.3) is 0 Å². The van der Waals surface area contributed by atoms with Crippen molar-refractivity contribution in [1.29, 1.82) is 0 Å². The van der Waals surface area contributed by atoms with Crippen LogP contribution in [0, 0.1) is 0 Å². The highest BCUT2D eigenvalue weighted by Gasteiger charge is 2.35. The lowest BCUT2D eigenvalue weighted by molar-refractivity contribution is 0.145. The van der Waals surface area contributed by atoms with Gasteiger partial charge in [-0.2, -0.15) is 0 Å². The van der Waals surface area contributed by atoms with E-state index in [4.69, 9.17) is 35.4 Å². The molecule has 288 valence electrons. The highest BCUT2D eigenvalue weighted by Crippen LogP contribution is 2.22. The zero-order valence-corrected chi connectivity index (χ0v) is 37.2. The average Bonchev–Trinajstić information content (AvgIpc) is 3.00. The number of hydrogen-bond donors (Lipinski definition) is 0. The van der Waals surface area contributed by atoms with Crippen molar-refractivity contribution in [3.63, 3.8) is 0 Å². The number of urea groups is 1. The third-order valence-electron chi connectivity index (χ3n) is 8.37. The maximum atomic E-state index is 14.5. The Bertz CT molecular complexity index is 677. The molecule has 0 aliphatic carbocycles. The molecule has 0 rings (SSSR count). The van der Waals surface area contributed by atoms with Crippen LogP contribution in [0.25, 0.3) is 0 Å². The second kappa shape index (κ2) is 26.6. The van der Waals surface area contributed by atoms with E-state index < -0.39 is 34.2 Å². The third-order valence-corrected chi connectivity index (χ3v) is 20.6. The molecular weight excluding hydrogens is 681 g/mol. The van der Waals surface area contributed by atoms with Crippen LogP contribution in [0.5, 0.6) is 0 Å². The molecule has 0 N–H and O–H groups in total. The molecule has 48 heavy (non-hydrogen) atoms. The van der Waals surface area contributed by atoms with Gasteiger partial charge in [0.05, 0.1) is 0 Å². The molecule has 0 spiro atoms. The molecule has 0 saturated carbocycles. The lowest BCUT2D eigenvalue weighted by Gasteiger charge is -2.34. The summed E-state index contributed by atoms with van der Waals surface area (Å²) in [7, 11) is -9.23. The van der Waals surface area contributed by atoms with E-state index in [1.54, 1.807) is 0 Å². The summed E-state index contributed by atoms with van der Waals surface area (Å²) < 4.78 is 49.0. The first-order valence-electron chi connectivity index (χ1n) is 18.9. The fourth-order valence-electron chi connectivity index (χ4n) is 6.36. The molecule has 15 heteroatoms. The molecule has 0 radical (unpaired) electrons. The maximum absolute atomic E-state index is 14.5.